The highest BCUT2D eigenvalue weighted by Gasteiger charge is 2.04. The van der Waals surface area contributed by atoms with Gasteiger partial charge >= 0.3 is 0 Å². The van der Waals surface area contributed by atoms with E-state index in [1.807, 2.05) is 18.2 Å². The van der Waals surface area contributed by atoms with Crippen molar-refractivity contribution >= 4 is 17.8 Å². The lowest BCUT2D eigenvalue weighted by Crippen LogP contribution is -2.06. The molecular weight excluding hydrogens is 340 g/mol. The van der Waals surface area contributed by atoms with Crippen LogP contribution in [-0.2, 0) is 6.54 Å². The maximum atomic E-state index is 6.02. The molecule has 0 aliphatic carbocycles. The smallest absolute Gasteiger partial charge is 0.161 e. The summed E-state index contributed by atoms with van der Waals surface area (Å²) in [5.41, 5.74) is 4.72. The first-order valence-corrected chi connectivity index (χ1v) is 7.88. The number of methoxy groups -OCH3 is 2. The Morgan fingerprint density at radius 1 is 1.12 bits per heavy atom. The second-order valence-corrected chi connectivity index (χ2v) is 5.39. The van der Waals surface area contributed by atoms with Crippen molar-refractivity contribution in [1.29, 1.82) is 0 Å². The van der Waals surface area contributed by atoms with Gasteiger partial charge in [-0.15, -0.1) is 6.42 Å². The quantitative estimate of drug-likeness (QED) is 0.446. The number of benzene rings is 2. The minimum absolute atomic E-state index is 0.182. The molecule has 0 heterocycles. The van der Waals surface area contributed by atoms with Crippen molar-refractivity contribution in [2.45, 2.75) is 6.54 Å². The summed E-state index contributed by atoms with van der Waals surface area (Å²) >= 11 is 6.02. The molecule has 0 amide bonds. The lowest BCUT2D eigenvalue weighted by atomic mass is 10.2. The van der Waals surface area contributed by atoms with E-state index >= 15 is 0 Å². The molecule has 2 rings (SSSR count). The fraction of sp³-hybridized carbons (Fsp3) is 0.211. The van der Waals surface area contributed by atoms with Crippen LogP contribution < -0.4 is 19.6 Å². The van der Waals surface area contributed by atoms with Crippen LogP contribution in [0.1, 0.15) is 11.1 Å². The summed E-state index contributed by atoms with van der Waals surface area (Å²) < 4.78 is 16.0. The van der Waals surface area contributed by atoms with Crippen molar-refractivity contribution in [3.63, 3.8) is 0 Å². The number of halogens is 1. The first kappa shape index (κ1) is 18.5. The molecule has 6 heteroatoms. The zero-order valence-corrected chi connectivity index (χ0v) is 14.8. The topological polar surface area (TPSA) is 52.1 Å². The molecule has 0 aromatic heterocycles. The normalized spacial score (nSPS) is 10.3. The number of hydrazone groups is 1. The summed E-state index contributed by atoms with van der Waals surface area (Å²) in [5, 5.41) is 4.80. The third-order valence-electron chi connectivity index (χ3n) is 3.31. The van der Waals surface area contributed by atoms with E-state index in [1.54, 1.807) is 38.6 Å². The van der Waals surface area contributed by atoms with Crippen molar-refractivity contribution in [3.8, 4) is 29.6 Å². The van der Waals surface area contributed by atoms with E-state index in [9.17, 15) is 0 Å². The Hall–Kier alpha value is -2.84. The lowest BCUT2D eigenvalue weighted by molar-refractivity contribution is 0.354. The van der Waals surface area contributed by atoms with Crippen molar-refractivity contribution < 1.29 is 14.2 Å². The molecule has 0 unspecified atom stereocenters. The van der Waals surface area contributed by atoms with Crippen molar-refractivity contribution in [3.05, 3.63) is 52.5 Å². The predicted molar refractivity (Wildman–Crippen MR) is 99.8 cm³/mol. The molecule has 0 fully saturated rings. The molecule has 0 spiro atoms. The average molecular weight is 359 g/mol. The third-order valence-corrected chi connectivity index (χ3v) is 3.54. The van der Waals surface area contributed by atoms with Crippen LogP contribution in [0.2, 0.25) is 5.02 Å². The van der Waals surface area contributed by atoms with Gasteiger partial charge < -0.3 is 19.6 Å². The summed E-state index contributed by atoms with van der Waals surface area (Å²) in [6.45, 7) is 0.708. The predicted octanol–water partition coefficient (Wildman–Crippen LogP) is 3.49. The van der Waals surface area contributed by atoms with E-state index < -0.39 is 0 Å². The van der Waals surface area contributed by atoms with Crippen molar-refractivity contribution in [1.82, 2.24) is 5.43 Å². The average Bonchev–Trinajstić information content (AvgIpc) is 2.64. The molecule has 2 aromatic carbocycles. The number of nitrogens with zero attached hydrogens (tertiary/aromatic N) is 1. The van der Waals surface area contributed by atoms with Crippen LogP contribution >= 0.6 is 11.6 Å². The second-order valence-electron chi connectivity index (χ2n) is 4.96. The largest absolute Gasteiger partial charge is 0.493 e. The van der Waals surface area contributed by atoms with Gasteiger partial charge in [-0.05, 0) is 35.9 Å². The van der Waals surface area contributed by atoms with E-state index in [0.29, 0.717) is 28.8 Å². The number of terminal acetylenes is 1. The molecule has 0 radical (unpaired) electrons. The van der Waals surface area contributed by atoms with Crippen LogP contribution in [0.15, 0.2) is 41.5 Å². The van der Waals surface area contributed by atoms with Gasteiger partial charge in [-0.2, -0.15) is 5.10 Å². The molecule has 0 atom stereocenters. The standard InChI is InChI=1S/C19H19ClN2O3/c1-4-9-25-17-8-6-16(20)11-15(17)13-22-21-12-14-5-7-18(23-2)19(10-14)24-3/h1,5-8,10-11,13,21H,9,12H2,2-3H3/b22-13+. The van der Waals surface area contributed by atoms with Gasteiger partial charge in [0.15, 0.2) is 11.5 Å². The number of rotatable bonds is 8. The zero-order chi connectivity index (χ0) is 18.1. The SMILES string of the molecule is C#CCOc1ccc(Cl)cc1/C=N/NCc1ccc(OC)c(OC)c1. The monoisotopic (exact) mass is 358 g/mol. The summed E-state index contributed by atoms with van der Waals surface area (Å²) in [6.07, 6.45) is 6.86. The Bertz CT molecular complexity index is 785. The van der Waals surface area contributed by atoms with Gasteiger partial charge in [0.2, 0.25) is 0 Å². The summed E-state index contributed by atoms with van der Waals surface area (Å²) in [5.74, 6) is 4.41. The van der Waals surface area contributed by atoms with Crippen LogP contribution in [0, 0.1) is 12.3 Å². The minimum atomic E-state index is 0.182. The fourth-order valence-electron chi connectivity index (χ4n) is 2.11. The van der Waals surface area contributed by atoms with Crippen LogP contribution in [0.4, 0.5) is 0 Å². The van der Waals surface area contributed by atoms with E-state index in [1.165, 1.54) is 0 Å². The van der Waals surface area contributed by atoms with Crippen LogP contribution in [0.25, 0.3) is 0 Å². The Labute approximate surface area is 152 Å². The first-order chi connectivity index (χ1) is 12.2. The van der Waals surface area contributed by atoms with Crippen molar-refractivity contribution in [2.24, 2.45) is 5.10 Å². The highest BCUT2D eigenvalue weighted by Crippen LogP contribution is 2.27. The molecule has 5 nitrogen and oxygen atoms in total. The molecule has 0 saturated carbocycles. The van der Waals surface area contributed by atoms with Gasteiger partial charge in [0.1, 0.15) is 12.4 Å². The minimum Gasteiger partial charge on any atom is -0.493 e. The van der Waals surface area contributed by atoms with Gasteiger partial charge in [0, 0.05) is 10.6 Å². The Balaban J connectivity index is 2.02. The number of ether oxygens (including phenoxy) is 3. The molecular formula is C19H19ClN2O3. The van der Waals surface area contributed by atoms with Crippen LogP contribution in [0.3, 0.4) is 0 Å². The fourth-order valence-corrected chi connectivity index (χ4v) is 2.29. The summed E-state index contributed by atoms with van der Waals surface area (Å²) in [7, 11) is 3.20. The highest BCUT2D eigenvalue weighted by atomic mass is 35.5. The Morgan fingerprint density at radius 2 is 1.88 bits per heavy atom. The van der Waals surface area contributed by atoms with E-state index in [0.717, 1.165) is 11.1 Å². The van der Waals surface area contributed by atoms with Crippen LogP contribution in [-0.4, -0.2) is 27.0 Å². The van der Waals surface area contributed by atoms with Crippen LogP contribution in [0.5, 0.6) is 17.2 Å². The van der Waals surface area contributed by atoms with Gasteiger partial charge in [0.25, 0.3) is 0 Å². The number of hydrogen-bond donors (Lipinski definition) is 1. The number of hydrogen-bond acceptors (Lipinski definition) is 5. The van der Waals surface area contributed by atoms with Gasteiger partial charge in [0.05, 0.1) is 27.0 Å². The molecule has 0 bridgehead atoms. The maximum absolute atomic E-state index is 6.02. The zero-order valence-electron chi connectivity index (χ0n) is 14.1. The Morgan fingerprint density at radius 3 is 2.60 bits per heavy atom. The molecule has 0 aliphatic heterocycles. The van der Waals surface area contributed by atoms with Gasteiger partial charge in [-0.3, -0.25) is 0 Å². The summed E-state index contributed by atoms with van der Waals surface area (Å²) in [6, 6.07) is 10.9. The first-order valence-electron chi connectivity index (χ1n) is 7.50. The van der Waals surface area contributed by atoms with E-state index in [-0.39, 0.29) is 6.61 Å². The molecule has 1 N–H and O–H groups in total. The lowest BCUT2D eigenvalue weighted by Gasteiger charge is -2.09. The van der Waals surface area contributed by atoms with Gasteiger partial charge in [-0.25, -0.2) is 0 Å². The molecule has 25 heavy (non-hydrogen) atoms. The molecule has 2 aromatic rings. The third kappa shape index (κ3) is 5.33. The second kappa shape index (κ2) is 9.45. The molecule has 0 saturated heterocycles. The highest BCUT2D eigenvalue weighted by molar-refractivity contribution is 6.30. The molecule has 0 aliphatic rings. The molecule has 130 valence electrons. The van der Waals surface area contributed by atoms with Gasteiger partial charge in [-0.1, -0.05) is 23.6 Å². The van der Waals surface area contributed by atoms with E-state index in [4.69, 9.17) is 32.2 Å². The Kier molecular flexibility index (Phi) is 7.00. The van der Waals surface area contributed by atoms with E-state index in [2.05, 4.69) is 16.4 Å². The maximum Gasteiger partial charge on any atom is 0.161 e. The number of nitrogens with one attached hydrogen (secondary N) is 1. The summed E-state index contributed by atoms with van der Waals surface area (Å²) in [4.78, 5) is 0. The van der Waals surface area contributed by atoms with Crippen molar-refractivity contribution in [2.75, 3.05) is 20.8 Å².